The first-order chi connectivity index (χ1) is 10.2. The number of rotatable bonds is 2. The van der Waals surface area contributed by atoms with E-state index in [-0.39, 0.29) is 6.10 Å². The van der Waals surface area contributed by atoms with Crippen molar-refractivity contribution in [1.82, 2.24) is 9.96 Å². The Morgan fingerprint density at radius 1 is 1.48 bits per heavy atom. The molecule has 2 atom stereocenters. The molecule has 1 aromatic carbocycles. The molecule has 4 aliphatic rings. The van der Waals surface area contributed by atoms with Crippen LogP contribution in [0.3, 0.4) is 0 Å². The molecule has 2 unspecified atom stereocenters. The van der Waals surface area contributed by atoms with E-state index >= 15 is 0 Å². The van der Waals surface area contributed by atoms with E-state index in [0.717, 1.165) is 18.5 Å². The van der Waals surface area contributed by atoms with E-state index in [9.17, 15) is 4.79 Å². The van der Waals surface area contributed by atoms with Crippen LogP contribution in [0.15, 0.2) is 24.3 Å². The molecule has 3 saturated heterocycles. The van der Waals surface area contributed by atoms with Gasteiger partial charge >= 0.3 is 6.16 Å². The molecule has 0 aromatic heterocycles. The van der Waals surface area contributed by atoms with E-state index in [1.54, 1.807) is 0 Å². The molecule has 3 fully saturated rings. The van der Waals surface area contributed by atoms with Gasteiger partial charge in [0.1, 0.15) is 0 Å². The largest absolute Gasteiger partial charge is 0.525 e. The van der Waals surface area contributed by atoms with Gasteiger partial charge in [0.15, 0.2) is 0 Å². The van der Waals surface area contributed by atoms with Gasteiger partial charge in [0.25, 0.3) is 0 Å². The Balaban J connectivity index is 1.59. The lowest BCUT2D eigenvalue weighted by Gasteiger charge is -2.60. The van der Waals surface area contributed by atoms with Crippen LogP contribution in [-0.4, -0.2) is 46.4 Å². The average Bonchev–Trinajstić information content (AvgIpc) is 2.45. The van der Waals surface area contributed by atoms with Gasteiger partial charge in [-0.15, -0.1) is 0 Å². The van der Waals surface area contributed by atoms with E-state index in [0.29, 0.717) is 19.8 Å². The number of carbonyl (C=O) groups is 1. The van der Waals surface area contributed by atoms with Gasteiger partial charge < -0.3 is 20.0 Å². The van der Waals surface area contributed by atoms with Gasteiger partial charge in [-0.05, 0) is 18.1 Å². The van der Waals surface area contributed by atoms with E-state index in [1.807, 2.05) is 18.2 Å². The number of nitrogens with zero attached hydrogens (tertiary/aromatic N) is 2. The van der Waals surface area contributed by atoms with Crippen LogP contribution in [0.25, 0.3) is 0 Å². The zero-order valence-corrected chi connectivity index (χ0v) is 11.5. The topological polar surface area (TPSA) is 74.3 Å². The number of fused-ring (bicyclic) bond motifs is 3. The molecule has 2 bridgehead atoms. The lowest BCUT2D eigenvalue weighted by atomic mass is 9.94. The minimum Gasteiger partial charge on any atom is -0.448 e. The number of hydrogen-bond acceptors (Lipinski definition) is 6. The SMILES string of the molecule is O=C(O)ON1CCC2CC1(N1CNc3ccccc3C1)O2. The number of ether oxygens (including phenoxy) is 1. The fourth-order valence-corrected chi connectivity index (χ4v) is 3.40. The first-order valence-electron chi connectivity index (χ1n) is 7.10. The minimum atomic E-state index is -1.30. The molecule has 0 saturated carbocycles. The zero-order valence-electron chi connectivity index (χ0n) is 11.5. The maximum Gasteiger partial charge on any atom is 0.525 e. The summed E-state index contributed by atoms with van der Waals surface area (Å²) in [4.78, 5) is 17.9. The van der Waals surface area contributed by atoms with Crippen LogP contribution in [0, 0.1) is 0 Å². The van der Waals surface area contributed by atoms with Gasteiger partial charge in [0.2, 0.25) is 5.85 Å². The average molecular weight is 291 g/mol. The van der Waals surface area contributed by atoms with E-state index < -0.39 is 12.0 Å². The molecule has 7 heteroatoms. The van der Waals surface area contributed by atoms with Crippen LogP contribution in [0.5, 0.6) is 0 Å². The van der Waals surface area contributed by atoms with Crippen LogP contribution < -0.4 is 5.32 Å². The van der Waals surface area contributed by atoms with Gasteiger partial charge in [-0.25, -0.2) is 9.69 Å². The van der Waals surface area contributed by atoms with Gasteiger partial charge in [-0.3, -0.25) is 0 Å². The molecule has 4 aliphatic heterocycles. The van der Waals surface area contributed by atoms with Crippen molar-refractivity contribution >= 4 is 11.8 Å². The number of piperidine rings is 1. The molecule has 2 N–H and O–H groups in total. The Bertz CT molecular complexity index is 573. The first-order valence-corrected chi connectivity index (χ1v) is 7.10. The van der Waals surface area contributed by atoms with Gasteiger partial charge in [-0.1, -0.05) is 23.3 Å². The minimum absolute atomic E-state index is 0.204. The van der Waals surface area contributed by atoms with Crippen molar-refractivity contribution in [3.05, 3.63) is 29.8 Å². The summed E-state index contributed by atoms with van der Waals surface area (Å²) >= 11 is 0. The quantitative estimate of drug-likeness (QED) is 0.857. The van der Waals surface area contributed by atoms with Crippen molar-refractivity contribution < 1.29 is 19.5 Å². The molecule has 0 amide bonds. The summed E-state index contributed by atoms with van der Waals surface area (Å²) in [6, 6.07) is 8.10. The molecule has 5 rings (SSSR count). The molecule has 0 radical (unpaired) electrons. The van der Waals surface area contributed by atoms with Crippen molar-refractivity contribution in [3.8, 4) is 0 Å². The van der Waals surface area contributed by atoms with Gasteiger partial charge in [0.05, 0.1) is 12.8 Å². The van der Waals surface area contributed by atoms with Gasteiger partial charge in [0, 0.05) is 25.2 Å². The predicted octanol–water partition coefficient (Wildman–Crippen LogP) is 1.63. The molecule has 1 aromatic rings. The number of carboxylic acid groups (broad SMARTS) is 1. The number of para-hydroxylation sites is 1. The van der Waals surface area contributed by atoms with Crippen molar-refractivity contribution in [2.24, 2.45) is 0 Å². The number of anilines is 1. The number of benzene rings is 1. The molecular formula is C14H17N3O4. The zero-order chi connectivity index (χ0) is 14.4. The third kappa shape index (κ3) is 1.97. The molecular weight excluding hydrogens is 274 g/mol. The number of nitrogens with one attached hydrogen (secondary N) is 1. The van der Waals surface area contributed by atoms with Gasteiger partial charge in [-0.2, -0.15) is 0 Å². The van der Waals surface area contributed by atoms with Crippen LogP contribution in [0.2, 0.25) is 0 Å². The third-order valence-electron chi connectivity index (χ3n) is 4.41. The van der Waals surface area contributed by atoms with Crippen molar-refractivity contribution in [3.63, 3.8) is 0 Å². The standard InChI is InChI=1S/C14H17N3O4/c18-13(19)21-17-6-5-11-7-14(17,20-11)16-8-10-3-1-2-4-12(10)15-9-16/h1-4,11,15H,5-9H2,(H,18,19). The van der Waals surface area contributed by atoms with E-state index in [1.165, 1.54) is 10.6 Å². The normalized spacial score (nSPS) is 31.7. The molecule has 0 aliphatic carbocycles. The lowest BCUT2D eigenvalue weighted by molar-refractivity contribution is -0.443. The Labute approximate surface area is 122 Å². The molecule has 21 heavy (non-hydrogen) atoms. The van der Waals surface area contributed by atoms with E-state index in [2.05, 4.69) is 16.3 Å². The second-order valence-electron chi connectivity index (χ2n) is 5.63. The summed E-state index contributed by atoms with van der Waals surface area (Å²) in [5.41, 5.74) is 2.29. The molecule has 7 nitrogen and oxygen atoms in total. The Kier molecular flexibility index (Phi) is 2.81. The highest BCUT2D eigenvalue weighted by atomic mass is 16.8. The highest BCUT2D eigenvalue weighted by Gasteiger charge is 2.60. The number of hydroxylamine groups is 2. The Hall–Kier alpha value is -1.83. The summed E-state index contributed by atoms with van der Waals surface area (Å²) in [6.45, 7) is 1.87. The summed E-state index contributed by atoms with van der Waals surface area (Å²) in [7, 11) is 0. The van der Waals surface area contributed by atoms with Crippen LogP contribution in [-0.2, 0) is 16.1 Å². The smallest absolute Gasteiger partial charge is 0.448 e. The number of hydrogen-bond donors (Lipinski definition) is 2. The summed E-state index contributed by atoms with van der Waals surface area (Å²) < 4.78 is 5.95. The van der Waals surface area contributed by atoms with Crippen LogP contribution in [0.4, 0.5) is 10.5 Å². The fourth-order valence-electron chi connectivity index (χ4n) is 3.40. The first kappa shape index (κ1) is 12.9. The van der Waals surface area contributed by atoms with Crippen molar-refractivity contribution in [1.29, 1.82) is 0 Å². The second kappa shape index (κ2) is 4.59. The van der Waals surface area contributed by atoms with Crippen molar-refractivity contribution in [2.45, 2.75) is 31.3 Å². The summed E-state index contributed by atoms with van der Waals surface area (Å²) in [5, 5.41) is 13.7. The van der Waals surface area contributed by atoms with Crippen LogP contribution in [0.1, 0.15) is 18.4 Å². The molecule has 0 spiro atoms. The predicted molar refractivity (Wildman–Crippen MR) is 73.1 cm³/mol. The highest BCUT2D eigenvalue weighted by molar-refractivity contribution is 5.56. The lowest BCUT2D eigenvalue weighted by Crippen LogP contribution is -2.75. The summed E-state index contributed by atoms with van der Waals surface area (Å²) in [5.74, 6) is -0.762. The van der Waals surface area contributed by atoms with Crippen molar-refractivity contribution in [2.75, 3.05) is 18.5 Å². The summed E-state index contributed by atoms with van der Waals surface area (Å²) in [6.07, 6.45) is 0.473. The maximum atomic E-state index is 10.9. The third-order valence-corrected chi connectivity index (χ3v) is 4.41. The molecule has 4 heterocycles. The molecule has 112 valence electrons. The fraction of sp³-hybridized carbons (Fsp3) is 0.500. The second-order valence-corrected chi connectivity index (χ2v) is 5.63. The Morgan fingerprint density at radius 2 is 2.29 bits per heavy atom. The monoisotopic (exact) mass is 291 g/mol. The highest BCUT2D eigenvalue weighted by Crippen LogP contribution is 2.46. The van der Waals surface area contributed by atoms with Crippen LogP contribution >= 0.6 is 0 Å². The Morgan fingerprint density at radius 3 is 3.10 bits per heavy atom. The maximum absolute atomic E-state index is 10.9. The van der Waals surface area contributed by atoms with E-state index in [4.69, 9.17) is 14.7 Å².